The summed E-state index contributed by atoms with van der Waals surface area (Å²) in [6, 6.07) is 6.73. The van der Waals surface area contributed by atoms with Crippen LogP contribution in [0.5, 0.6) is 0 Å². The molecule has 1 amide bonds. The van der Waals surface area contributed by atoms with E-state index in [1.807, 2.05) is 27.7 Å². The van der Waals surface area contributed by atoms with Crippen molar-refractivity contribution in [2.24, 2.45) is 11.7 Å². The van der Waals surface area contributed by atoms with Crippen molar-refractivity contribution in [2.75, 3.05) is 6.54 Å². The Bertz CT molecular complexity index is 486. The Morgan fingerprint density at radius 1 is 1.19 bits per heavy atom. The fourth-order valence-corrected chi connectivity index (χ4v) is 1.77. The number of halogens is 1. The number of hydrogen-bond acceptors (Lipinski definition) is 3. The summed E-state index contributed by atoms with van der Waals surface area (Å²) in [5.41, 5.74) is 6.49. The van der Waals surface area contributed by atoms with Gasteiger partial charge in [0.15, 0.2) is 5.78 Å². The molecule has 3 N–H and O–H groups in total. The first kappa shape index (κ1) is 19.6. The van der Waals surface area contributed by atoms with Gasteiger partial charge in [-0.05, 0) is 25.0 Å². The highest BCUT2D eigenvalue weighted by molar-refractivity contribution is 5.98. The van der Waals surface area contributed by atoms with E-state index < -0.39 is 5.54 Å². The van der Waals surface area contributed by atoms with Crippen LogP contribution in [0.4, 0.5) is 0 Å². The summed E-state index contributed by atoms with van der Waals surface area (Å²) in [5.74, 6) is 0.144. The summed E-state index contributed by atoms with van der Waals surface area (Å²) in [4.78, 5) is 23.8. The first-order valence-electron chi connectivity index (χ1n) is 7.00. The van der Waals surface area contributed by atoms with E-state index in [9.17, 15) is 9.59 Å². The molecule has 118 valence electrons. The van der Waals surface area contributed by atoms with Crippen LogP contribution in [0.1, 0.15) is 54.8 Å². The molecule has 0 aliphatic carbocycles. The van der Waals surface area contributed by atoms with Crippen LogP contribution >= 0.6 is 12.4 Å². The van der Waals surface area contributed by atoms with E-state index in [2.05, 4.69) is 5.32 Å². The third-order valence-corrected chi connectivity index (χ3v) is 3.89. The van der Waals surface area contributed by atoms with Gasteiger partial charge in [-0.1, -0.05) is 32.9 Å². The molecule has 5 heteroatoms. The van der Waals surface area contributed by atoms with E-state index in [1.165, 1.54) is 0 Å². The maximum absolute atomic E-state index is 12.2. The molecule has 1 aromatic rings. The van der Waals surface area contributed by atoms with Crippen molar-refractivity contribution in [3.8, 4) is 0 Å². The van der Waals surface area contributed by atoms with Crippen molar-refractivity contribution in [3.63, 3.8) is 0 Å². The number of carbonyl (C=O) groups excluding carboxylic acids is 2. The molecule has 0 aromatic heterocycles. The van der Waals surface area contributed by atoms with Gasteiger partial charge in [0.2, 0.25) is 0 Å². The highest BCUT2D eigenvalue weighted by Gasteiger charge is 2.28. The van der Waals surface area contributed by atoms with Gasteiger partial charge in [-0.15, -0.1) is 12.4 Å². The molecule has 0 saturated heterocycles. The van der Waals surface area contributed by atoms with Crippen LogP contribution in [-0.4, -0.2) is 23.8 Å². The molecule has 1 aromatic carbocycles. The number of rotatable bonds is 6. The second kappa shape index (κ2) is 8.15. The number of nitrogens with two attached hydrogens (primary N) is 1. The van der Waals surface area contributed by atoms with Crippen molar-refractivity contribution >= 4 is 24.1 Å². The molecule has 4 nitrogen and oxygen atoms in total. The summed E-state index contributed by atoms with van der Waals surface area (Å²) in [6.07, 6.45) is 0.462. The molecular formula is C16H25ClN2O2. The van der Waals surface area contributed by atoms with E-state index in [4.69, 9.17) is 5.73 Å². The van der Waals surface area contributed by atoms with Gasteiger partial charge in [-0.2, -0.15) is 0 Å². The SMILES string of the molecule is CCC(=O)c1ccc(C(=O)NC(C)(CN)C(C)C)cc1.Cl. The minimum Gasteiger partial charge on any atom is -0.345 e. The Morgan fingerprint density at radius 3 is 2.05 bits per heavy atom. The van der Waals surface area contributed by atoms with Crippen molar-refractivity contribution in [1.29, 1.82) is 0 Å². The van der Waals surface area contributed by atoms with Crippen LogP contribution in [-0.2, 0) is 0 Å². The summed E-state index contributed by atoms with van der Waals surface area (Å²) in [6.45, 7) is 8.18. The van der Waals surface area contributed by atoms with Crippen LogP contribution in [0.15, 0.2) is 24.3 Å². The predicted octanol–water partition coefficient (Wildman–Crippen LogP) is 2.80. The maximum Gasteiger partial charge on any atom is 0.251 e. The van der Waals surface area contributed by atoms with E-state index in [0.29, 0.717) is 24.1 Å². The molecule has 0 fully saturated rings. The first-order chi connectivity index (χ1) is 9.34. The number of ketones is 1. The quantitative estimate of drug-likeness (QED) is 0.793. The highest BCUT2D eigenvalue weighted by Crippen LogP contribution is 2.16. The van der Waals surface area contributed by atoms with E-state index in [-0.39, 0.29) is 30.0 Å². The smallest absolute Gasteiger partial charge is 0.251 e. The van der Waals surface area contributed by atoms with Crippen LogP contribution in [0, 0.1) is 5.92 Å². The zero-order valence-corrected chi connectivity index (χ0v) is 13.9. The number of nitrogens with one attached hydrogen (secondary N) is 1. The van der Waals surface area contributed by atoms with E-state index >= 15 is 0 Å². The van der Waals surface area contributed by atoms with Gasteiger partial charge in [0.1, 0.15) is 0 Å². The average Bonchev–Trinajstić information content (AvgIpc) is 2.46. The lowest BCUT2D eigenvalue weighted by molar-refractivity contribution is 0.0882. The normalized spacial score (nSPS) is 13.2. The van der Waals surface area contributed by atoms with Gasteiger partial charge in [0.05, 0.1) is 5.54 Å². The molecular weight excluding hydrogens is 288 g/mol. The maximum atomic E-state index is 12.2. The monoisotopic (exact) mass is 312 g/mol. The predicted molar refractivity (Wildman–Crippen MR) is 88.1 cm³/mol. The fourth-order valence-electron chi connectivity index (χ4n) is 1.77. The lowest BCUT2D eigenvalue weighted by Crippen LogP contribution is -2.55. The molecule has 0 aliphatic rings. The van der Waals surface area contributed by atoms with Crippen LogP contribution < -0.4 is 11.1 Å². The van der Waals surface area contributed by atoms with Crippen molar-refractivity contribution in [3.05, 3.63) is 35.4 Å². The molecule has 0 aliphatic heterocycles. The fraction of sp³-hybridized carbons (Fsp3) is 0.500. The molecule has 0 bridgehead atoms. The van der Waals surface area contributed by atoms with Crippen molar-refractivity contribution < 1.29 is 9.59 Å². The lowest BCUT2D eigenvalue weighted by atomic mass is 9.88. The van der Waals surface area contributed by atoms with Gasteiger partial charge in [-0.3, -0.25) is 9.59 Å². The molecule has 0 spiro atoms. The zero-order chi connectivity index (χ0) is 15.3. The Hall–Kier alpha value is -1.39. The van der Waals surface area contributed by atoms with E-state index in [1.54, 1.807) is 24.3 Å². The topological polar surface area (TPSA) is 72.2 Å². The summed E-state index contributed by atoms with van der Waals surface area (Å²) >= 11 is 0. The number of benzene rings is 1. The van der Waals surface area contributed by atoms with Crippen LogP contribution in [0.3, 0.4) is 0 Å². The van der Waals surface area contributed by atoms with Gasteiger partial charge in [0.25, 0.3) is 5.91 Å². The third kappa shape index (κ3) is 4.83. The molecule has 21 heavy (non-hydrogen) atoms. The van der Waals surface area contributed by atoms with Crippen LogP contribution in [0.25, 0.3) is 0 Å². The van der Waals surface area contributed by atoms with Gasteiger partial charge < -0.3 is 11.1 Å². The van der Waals surface area contributed by atoms with E-state index in [0.717, 1.165) is 0 Å². The minimum atomic E-state index is -0.436. The third-order valence-electron chi connectivity index (χ3n) is 3.89. The Labute approximate surface area is 132 Å². The second-order valence-corrected chi connectivity index (χ2v) is 5.58. The molecule has 1 unspecified atom stereocenters. The number of amides is 1. The average molecular weight is 313 g/mol. The number of carbonyl (C=O) groups is 2. The number of Topliss-reactive ketones (excluding diaryl/α,β-unsaturated/α-hetero) is 1. The Balaban J connectivity index is 0.00000400. The number of hydrogen-bond donors (Lipinski definition) is 2. The summed E-state index contributed by atoms with van der Waals surface area (Å²) < 4.78 is 0. The second-order valence-electron chi connectivity index (χ2n) is 5.58. The lowest BCUT2D eigenvalue weighted by Gasteiger charge is -2.33. The van der Waals surface area contributed by atoms with Crippen molar-refractivity contribution in [2.45, 2.75) is 39.7 Å². The van der Waals surface area contributed by atoms with Gasteiger partial charge in [-0.25, -0.2) is 0 Å². The van der Waals surface area contributed by atoms with Crippen molar-refractivity contribution in [1.82, 2.24) is 5.32 Å². The molecule has 0 heterocycles. The van der Waals surface area contributed by atoms with Gasteiger partial charge in [0, 0.05) is 24.1 Å². The molecule has 0 saturated carbocycles. The Morgan fingerprint density at radius 2 is 1.67 bits per heavy atom. The molecule has 1 rings (SSSR count). The Kier molecular flexibility index (Phi) is 7.61. The zero-order valence-electron chi connectivity index (χ0n) is 13.1. The molecule has 0 radical (unpaired) electrons. The first-order valence-corrected chi connectivity index (χ1v) is 7.00. The molecule has 1 atom stereocenters. The van der Waals surface area contributed by atoms with Crippen LogP contribution in [0.2, 0.25) is 0 Å². The van der Waals surface area contributed by atoms with Gasteiger partial charge >= 0.3 is 0 Å². The standard InChI is InChI=1S/C16H24N2O2.ClH/c1-5-14(19)12-6-8-13(9-7-12)15(20)18-16(4,10-17)11(2)3;/h6-9,11H,5,10,17H2,1-4H3,(H,18,20);1H. The minimum absolute atomic E-state index is 0. The highest BCUT2D eigenvalue weighted by atomic mass is 35.5. The largest absolute Gasteiger partial charge is 0.345 e. The summed E-state index contributed by atoms with van der Waals surface area (Å²) in [7, 11) is 0. The summed E-state index contributed by atoms with van der Waals surface area (Å²) in [5, 5.41) is 2.97.